The number of rotatable bonds is 9. The Morgan fingerprint density at radius 3 is 2.43 bits per heavy atom. The number of nitrogens with two attached hydrogens (primary N) is 1. The molecule has 0 aliphatic heterocycles. The van der Waals surface area contributed by atoms with Gasteiger partial charge in [0.15, 0.2) is 0 Å². The Hall–Kier alpha value is -2.04. The minimum absolute atomic E-state index is 0.0225. The van der Waals surface area contributed by atoms with Crippen LogP contribution in [0.25, 0.3) is 0 Å². The normalized spacial score (nSPS) is 10.1. The molecule has 1 amide bonds. The van der Waals surface area contributed by atoms with Crippen LogP contribution in [0.3, 0.4) is 0 Å². The molecule has 0 aliphatic carbocycles. The summed E-state index contributed by atoms with van der Waals surface area (Å²) >= 11 is 0. The second-order valence-corrected chi connectivity index (χ2v) is 5.01. The maximum atomic E-state index is 11.7. The SMILES string of the molecule is COC(=O)CCCCCCNC(=O)Cc1ccc(N)cc1. The molecule has 0 atom stereocenters. The number of methoxy groups -OCH3 is 1. The van der Waals surface area contributed by atoms with Gasteiger partial charge >= 0.3 is 5.97 Å². The van der Waals surface area contributed by atoms with Crippen molar-refractivity contribution in [3.8, 4) is 0 Å². The average Bonchev–Trinajstić information content (AvgIpc) is 2.48. The van der Waals surface area contributed by atoms with E-state index in [2.05, 4.69) is 10.1 Å². The summed E-state index contributed by atoms with van der Waals surface area (Å²) < 4.78 is 4.57. The molecule has 0 saturated heterocycles. The Labute approximate surface area is 125 Å². The molecule has 3 N–H and O–H groups in total. The average molecular weight is 292 g/mol. The Bertz CT molecular complexity index is 443. The minimum atomic E-state index is -0.160. The molecular formula is C16H24N2O3. The molecule has 1 rings (SSSR count). The summed E-state index contributed by atoms with van der Waals surface area (Å²) in [5, 5.41) is 2.89. The number of anilines is 1. The summed E-state index contributed by atoms with van der Waals surface area (Å²) in [5.74, 6) is -0.138. The van der Waals surface area contributed by atoms with Crippen LogP contribution in [0, 0.1) is 0 Å². The van der Waals surface area contributed by atoms with E-state index in [0.29, 0.717) is 25.1 Å². The van der Waals surface area contributed by atoms with Crippen molar-refractivity contribution >= 4 is 17.6 Å². The first-order chi connectivity index (χ1) is 10.1. The number of hydrogen-bond acceptors (Lipinski definition) is 4. The standard InChI is InChI=1S/C16H24N2O3/c1-21-16(20)6-4-2-3-5-11-18-15(19)12-13-7-9-14(17)10-8-13/h7-10H,2-6,11-12,17H2,1H3,(H,18,19). The molecule has 0 aliphatic rings. The Morgan fingerprint density at radius 2 is 1.76 bits per heavy atom. The number of amides is 1. The maximum absolute atomic E-state index is 11.7. The fraction of sp³-hybridized carbons (Fsp3) is 0.500. The number of nitrogen functional groups attached to an aromatic ring is 1. The Morgan fingerprint density at radius 1 is 1.10 bits per heavy atom. The highest BCUT2D eigenvalue weighted by atomic mass is 16.5. The summed E-state index contributed by atoms with van der Waals surface area (Å²) in [5.41, 5.74) is 7.25. The number of carbonyl (C=O) groups excluding carboxylic acids is 2. The van der Waals surface area contributed by atoms with Gasteiger partial charge in [0.25, 0.3) is 0 Å². The second-order valence-electron chi connectivity index (χ2n) is 5.01. The van der Waals surface area contributed by atoms with Gasteiger partial charge in [0, 0.05) is 18.7 Å². The van der Waals surface area contributed by atoms with Crippen LogP contribution >= 0.6 is 0 Å². The van der Waals surface area contributed by atoms with Gasteiger partial charge in [0.05, 0.1) is 13.5 Å². The highest BCUT2D eigenvalue weighted by Gasteiger charge is 2.03. The van der Waals surface area contributed by atoms with Crippen molar-refractivity contribution < 1.29 is 14.3 Å². The van der Waals surface area contributed by atoms with Crippen molar-refractivity contribution in [2.45, 2.75) is 38.5 Å². The summed E-state index contributed by atoms with van der Waals surface area (Å²) in [6.07, 6.45) is 4.59. The number of ether oxygens (including phenoxy) is 1. The van der Waals surface area contributed by atoms with Gasteiger partial charge in [-0.2, -0.15) is 0 Å². The van der Waals surface area contributed by atoms with Crippen molar-refractivity contribution in [1.29, 1.82) is 0 Å². The van der Waals surface area contributed by atoms with Gasteiger partial charge in [-0.1, -0.05) is 25.0 Å². The third-order valence-corrected chi connectivity index (χ3v) is 3.20. The van der Waals surface area contributed by atoms with E-state index >= 15 is 0 Å². The predicted octanol–water partition coefficient (Wildman–Crippen LogP) is 2.05. The van der Waals surface area contributed by atoms with Crippen molar-refractivity contribution in [1.82, 2.24) is 5.32 Å². The van der Waals surface area contributed by atoms with Gasteiger partial charge in [-0.25, -0.2) is 0 Å². The van der Waals surface area contributed by atoms with E-state index in [1.807, 2.05) is 12.1 Å². The Kier molecular flexibility index (Phi) is 7.94. The first-order valence-electron chi connectivity index (χ1n) is 7.29. The predicted molar refractivity (Wildman–Crippen MR) is 82.7 cm³/mol. The van der Waals surface area contributed by atoms with Crippen molar-refractivity contribution in [2.24, 2.45) is 0 Å². The zero-order valence-corrected chi connectivity index (χ0v) is 12.6. The summed E-state index contributed by atoms with van der Waals surface area (Å²) in [6.45, 7) is 0.673. The minimum Gasteiger partial charge on any atom is -0.469 e. The van der Waals surface area contributed by atoms with E-state index in [0.717, 1.165) is 31.2 Å². The van der Waals surface area contributed by atoms with Crippen LogP contribution in [0.5, 0.6) is 0 Å². The smallest absolute Gasteiger partial charge is 0.305 e. The summed E-state index contributed by atoms with van der Waals surface area (Å²) in [7, 11) is 1.40. The number of nitrogens with one attached hydrogen (secondary N) is 1. The lowest BCUT2D eigenvalue weighted by molar-refractivity contribution is -0.140. The molecule has 1 aromatic rings. The largest absolute Gasteiger partial charge is 0.469 e. The first kappa shape index (κ1) is 17.0. The molecule has 0 bridgehead atoms. The van der Waals surface area contributed by atoms with Gasteiger partial charge in [0.1, 0.15) is 0 Å². The summed E-state index contributed by atoms with van der Waals surface area (Å²) in [4.78, 5) is 22.6. The third kappa shape index (κ3) is 7.97. The van der Waals surface area contributed by atoms with Gasteiger partial charge in [-0.3, -0.25) is 9.59 Å². The zero-order valence-electron chi connectivity index (χ0n) is 12.6. The molecule has 0 heterocycles. The molecule has 5 nitrogen and oxygen atoms in total. The lowest BCUT2D eigenvalue weighted by Gasteiger charge is -2.05. The third-order valence-electron chi connectivity index (χ3n) is 3.20. The van der Waals surface area contributed by atoms with Crippen LogP contribution in [-0.2, 0) is 20.7 Å². The second kappa shape index (κ2) is 9.80. The molecule has 0 radical (unpaired) electrons. The number of hydrogen-bond donors (Lipinski definition) is 2. The molecule has 0 fully saturated rings. The molecule has 0 aromatic heterocycles. The van der Waals surface area contributed by atoms with Crippen LogP contribution in [0.2, 0.25) is 0 Å². The van der Waals surface area contributed by atoms with Crippen molar-refractivity contribution in [3.63, 3.8) is 0 Å². The van der Waals surface area contributed by atoms with E-state index in [1.165, 1.54) is 7.11 Å². The molecule has 5 heteroatoms. The van der Waals surface area contributed by atoms with Crippen LogP contribution in [0.15, 0.2) is 24.3 Å². The van der Waals surface area contributed by atoms with Crippen LogP contribution in [-0.4, -0.2) is 25.5 Å². The van der Waals surface area contributed by atoms with Crippen molar-refractivity contribution in [3.05, 3.63) is 29.8 Å². The summed E-state index contributed by atoms with van der Waals surface area (Å²) in [6, 6.07) is 7.32. The number of esters is 1. The first-order valence-corrected chi connectivity index (χ1v) is 7.29. The lowest BCUT2D eigenvalue weighted by atomic mass is 10.1. The van der Waals surface area contributed by atoms with Crippen molar-refractivity contribution in [2.75, 3.05) is 19.4 Å². The molecule has 116 valence electrons. The number of carbonyl (C=O) groups is 2. The molecule has 0 spiro atoms. The van der Waals surface area contributed by atoms with Crippen LogP contribution in [0.4, 0.5) is 5.69 Å². The van der Waals surface area contributed by atoms with Gasteiger partial charge in [-0.05, 0) is 30.5 Å². The number of benzene rings is 1. The fourth-order valence-electron chi connectivity index (χ4n) is 1.96. The zero-order chi connectivity index (χ0) is 15.5. The van der Waals surface area contributed by atoms with E-state index in [9.17, 15) is 9.59 Å². The topological polar surface area (TPSA) is 81.4 Å². The molecular weight excluding hydrogens is 268 g/mol. The highest BCUT2D eigenvalue weighted by Crippen LogP contribution is 2.06. The molecule has 0 saturated carbocycles. The highest BCUT2D eigenvalue weighted by molar-refractivity contribution is 5.78. The van der Waals surface area contributed by atoms with Gasteiger partial charge in [0.2, 0.25) is 5.91 Å². The van der Waals surface area contributed by atoms with Crippen LogP contribution < -0.4 is 11.1 Å². The number of unbranched alkanes of at least 4 members (excludes halogenated alkanes) is 3. The van der Waals surface area contributed by atoms with E-state index in [1.54, 1.807) is 12.1 Å². The van der Waals surface area contributed by atoms with Gasteiger partial charge in [-0.15, -0.1) is 0 Å². The van der Waals surface area contributed by atoms with E-state index < -0.39 is 0 Å². The fourth-order valence-corrected chi connectivity index (χ4v) is 1.96. The van der Waals surface area contributed by atoms with Gasteiger partial charge < -0.3 is 15.8 Å². The van der Waals surface area contributed by atoms with E-state index in [4.69, 9.17) is 5.73 Å². The molecule has 1 aromatic carbocycles. The monoisotopic (exact) mass is 292 g/mol. The maximum Gasteiger partial charge on any atom is 0.305 e. The van der Waals surface area contributed by atoms with E-state index in [-0.39, 0.29) is 11.9 Å². The lowest BCUT2D eigenvalue weighted by Crippen LogP contribution is -2.26. The Balaban J connectivity index is 2.03. The quantitative estimate of drug-likeness (QED) is 0.414. The molecule has 21 heavy (non-hydrogen) atoms. The molecule has 0 unspecified atom stereocenters. The van der Waals surface area contributed by atoms with Crippen LogP contribution in [0.1, 0.15) is 37.7 Å².